The number of anilines is 2. The number of benzene rings is 1. The van der Waals surface area contributed by atoms with Gasteiger partial charge >= 0.3 is 0 Å². The molecule has 188 valence electrons. The van der Waals surface area contributed by atoms with E-state index in [-0.39, 0.29) is 40.8 Å². The molecular weight excluding hydrogens is 501 g/mol. The molecule has 0 saturated carbocycles. The molecule has 0 aliphatic carbocycles. The number of nitrogens with one attached hydrogen (secondary N) is 4. The summed E-state index contributed by atoms with van der Waals surface area (Å²) in [5, 5.41) is 10.9. The Morgan fingerprint density at radius 1 is 1.30 bits per heavy atom. The normalized spacial score (nSPS) is 18.5. The van der Waals surface area contributed by atoms with Gasteiger partial charge in [-0.25, -0.2) is 9.37 Å². The van der Waals surface area contributed by atoms with E-state index in [1.165, 1.54) is 23.7 Å². The largest absolute Gasteiger partial charge is 0.352 e. The third kappa shape index (κ3) is 3.62. The first-order valence-corrected chi connectivity index (χ1v) is 11.8. The van der Waals surface area contributed by atoms with Gasteiger partial charge in [0.1, 0.15) is 23.7 Å². The molecule has 4 N–H and O–H groups in total. The van der Waals surface area contributed by atoms with Crippen molar-refractivity contribution in [2.75, 3.05) is 17.7 Å². The zero-order valence-corrected chi connectivity index (χ0v) is 20.5. The highest BCUT2D eigenvalue weighted by molar-refractivity contribution is 7.03. The third-order valence-electron chi connectivity index (χ3n) is 6.06. The molecule has 1 spiro atoms. The van der Waals surface area contributed by atoms with Crippen LogP contribution in [0.15, 0.2) is 30.4 Å². The number of hydrogen-bond acceptors (Lipinski definition) is 7. The number of fused-ring (bicyclic) bond motifs is 4. The number of carbonyl (C=O) groups is 4. The van der Waals surface area contributed by atoms with Gasteiger partial charge in [0.25, 0.3) is 17.7 Å². The van der Waals surface area contributed by atoms with Crippen LogP contribution in [-0.4, -0.2) is 44.6 Å². The van der Waals surface area contributed by atoms with Gasteiger partial charge in [0.15, 0.2) is 11.4 Å². The van der Waals surface area contributed by atoms with Gasteiger partial charge in [0.2, 0.25) is 11.7 Å². The first kappa shape index (κ1) is 24.1. The molecule has 0 bridgehead atoms. The molecule has 1 atom stereocenters. The zero-order chi connectivity index (χ0) is 26.5. The monoisotopic (exact) mass is 521 g/mol. The smallest absolute Gasteiger partial charge is 0.287 e. The summed E-state index contributed by atoms with van der Waals surface area (Å²) in [7, 11) is 1.38. The topological polar surface area (TPSA) is 147 Å². The lowest BCUT2D eigenvalue weighted by Crippen LogP contribution is -2.57. The summed E-state index contributed by atoms with van der Waals surface area (Å²) in [5.41, 5.74) is -1.50. The van der Waals surface area contributed by atoms with Crippen LogP contribution in [0.2, 0.25) is 0 Å². The Balaban J connectivity index is 1.74. The van der Waals surface area contributed by atoms with E-state index >= 15 is 0 Å². The summed E-state index contributed by atoms with van der Waals surface area (Å²) >= 11 is 1.04. The van der Waals surface area contributed by atoms with Gasteiger partial charge in [-0.1, -0.05) is 24.8 Å². The SMILES string of the molecule is C=c1snc(C(=O)Nc2nc(C(=O)NC)n3c2C2(NC(=O)C3)C(=O)Nc3ccc(F)cc32)/c1=C/C=C\C. The van der Waals surface area contributed by atoms with E-state index in [9.17, 15) is 23.6 Å². The van der Waals surface area contributed by atoms with Crippen LogP contribution >= 0.6 is 11.5 Å². The molecular formula is C24H20FN7O4S. The summed E-state index contributed by atoms with van der Waals surface area (Å²) < 4.78 is 20.3. The fourth-order valence-corrected chi connectivity index (χ4v) is 5.12. The maximum absolute atomic E-state index is 14.3. The minimum Gasteiger partial charge on any atom is -0.352 e. The van der Waals surface area contributed by atoms with Crippen LogP contribution in [0.3, 0.4) is 0 Å². The average molecular weight is 522 g/mol. The van der Waals surface area contributed by atoms with Crippen molar-refractivity contribution in [3.8, 4) is 0 Å². The number of amides is 4. The molecule has 37 heavy (non-hydrogen) atoms. The van der Waals surface area contributed by atoms with Gasteiger partial charge < -0.3 is 25.8 Å². The van der Waals surface area contributed by atoms with Gasteiger partial charge in [-0.2, -0.15) is 4.37 Å². The molecule has 0 saturated heterocycles. The molecule has 0 fully saturated rings. The Hall–Kier alpha value is -4.65. The van der Waals surface area contributed by atoms with E-state index in [1.807, 2.05) is 6.92 Å². The fourth-order valence-electron chi connectivity index (χ4n) is 4.47. The van der Waals surface area contributed by atoms with Crippen molar-refractivity contribution in [1.29, 1.82) is 0 Å². The lowest BCUT2D eigenvalue weighted by atomic mass is 9.85. The number of imidazole rings is 1. The number of allylic oxidation sites excluding steroid dienone is 2. The van der Waals surface area contributed by atoms with Crippen LogP contribution in [0.4, 0.5) is 15.9 Å². The van der Waals surface area contributed by atoms with E-state index in [2.05, 4.69) is 37.2 Å². The second kappa shape index (κ2) is 8.78. The summed E-state index contributed by atoms with van der Waals surface area (Å²) in [6.45, 7) is 5.36. The van der Waals surface area contributed by atoms with Crippen molar-refractivity contribution in [2.24, 2.45) is 0 Å². The van der Waals surface area contributed by atoms with Crippen molar-refractivity contribution >= 4 is 59.3 Å². The zero-order valence-electron chi connectivity index (χ0n) is 19.6. The van der Waals surface area contributed by atoms with Gasteiger partial charge in [-0.3, -0.25) is 19.2 Å². The number of halogens is 1. The average Bonchev–Trinajstić information content (AvgIpc) is 3.50. The van der Waals surface area contributed by atoms with E-state index < -0.39 is 35.0 Å². The maximum atomic E-state index is 14.3. The van der Waals surface area contributed by atoms with E-state index in [1.54, 1.807) is 18.2 Å². The van der Waals surface area contributed by atoms with Crippen molar-refractivity contribution in [3.05, 3.63) is 68.7 Å². The molecule has 1 unspecified atom stereocenters. The highest BCUT2D eigenvalue weighted by atomic mass is 32.1. The summed E-state index contributed by atoms with van der Waals surface area (Å²) in [6, 6.07) is 3.65. The maximum Gasteiger partial charge on any atom is 0.287 e. The lowest BCUT2D eigenvalue weighted by molar-refractivity contribution is -0.131. The molecule has 0 radical (unpaired) electrons. The quantitative estimate of drug-likeness (QED) is 0.385. The Bertz CT molecular complexity index is 1660. The number of carbonyl (C=O) groups excluding carboxylic acids is 4. The summed E-state index contributed by atoms with van der Waals surface area (Å²) in [5.74, 6) is -3.65. The Kier molecular flexibility index (Phi) is 5.71. The highest BCUT2D eigenvalue weighted by Gasteiger charge is 2.56. The van der Waals surface area contributed by atoms with Crippen molar-refractivity contribution in [1.82, 2.24) is 24.6 Å². The molecule has 2 aliphatic heterocycles. The molecule has 4 heterocycles. The third-order valence-corrected chi connectivity index (χ3v) is 6.78. The van der Waals surface area contributed by atoms with Crippen LogP contribution in [-0.2, 0) is 21.7 Å². The first-order valence-electron chi connectivity index (χ1n) is 11.1. The second-order valence-corrected chi connectivity index (χ2v) is 9.11. The molecule has 1 aromatic carbocycles. The van der Waals surface area contributed by atoms with E-state index in [0.717, 1.165) is 17.6 Å². The second-order valence-electron chi connectivity index (χ2n) is 8.25. The van der Waals surface area contributed by atoms with Crippen LogP contribution in [0.25, 0.3) is 12.7 Å². The number of nitrogens with zero attached hydrogens (tertiary/aromatic N) is 3. The van der Waals surface area contributed by atoms with E-state index in [0.29, 0.717) is 9.75 Å². The summed E-state index contributed by atoms with van der Waals surface area (Å²) in [6.07, 6.45) is 5.20. The highest BCUT2D eigenvalue weighted by Crippen LogP contribution is 2.45. The minimum absolute atomic E-state index is 0.00459. The Morgan fingerprint density at radius 3 is 2.81 bits per heavy atom. The molecule has 2 aromatic heterocycles. The van der Waals surface area contributed by atoms with Crippen LogP contribution in [0.5, 0.6) is 0 Å². The number of hydrogen-bond donors (Lipinski definition) is 4. The molecule has 4 amide bonds. The molecule has 3 aromatic rings. The standard InChI is InChI=1S/C24H20FN7O4S/c1-4-5-6-13-11(2)37-31-17(13)21(34)29-19-18-24(14-9-12(25)7-8-15(14)27-23(24)36)30-16(33)10-32(18)20(28-19)22(35)26-3/h4-9H,2,10H2,1,3H3,(H,26,35)(H,27,36)(H,29,34)(H,30,33)/b5-4-,13-6+. The van der Waals surface area contributed by atoms with E-state index in [4.69, 9.17) is 0 Å². The number of rotatable bonds is 4. The Morgan fingerprint density at radius 2 is 2.08 bits per heavy atom. The van der Waals surface area contributed by atoms with Gasteiger partial charge in [-0.05, 0) is 36.7 Å². The molecule has 11 nitrogen and oxygen atoms in total. The van der Waals surface area contributed by atoms with Crippen molar-refractivity contribution in [2.45, 2.75) is 19.0 Å². The predicted octanol–water partition coefficient (Wildman–Crippen LogP) is 0.183. The minimum atomic E-state index is -1.95. The molecule has 5 rings (SSSR count). The number of aromatic nitrogens is 3. The van der Waals surface area contributed by atoms with Crippen molar-refractivity contribution < 1.29 is 23.6 Å². The fraction of sp³-hybridized carbons (Fsp3) is 0.167. The Labute approximate surface area is 212 Å². The van der Waals surface area contributed by atoms with Crippen LogP contribution in [0, 0.1) is 5.82 Å². The van der Waals surface area contributed by atoms with Crippen LogP contribution in [0.1, 0.15) is 39.3 Å². The van der Waals surface area contributed by atoms with Crippen molar-refractivity contribution in [3.63, 3.8) is 0 Å². The van der Waals surface area contributed by atoms with Gasteiger partial charge in [0, 0.05) is 28.0 Å². The van der Waals surface area contributed by atoms with Crippen LogP contribution < -0.4 is 31.0 Å². The first-order chi connectivity index (χ1) is 17.7. The molecule has 2 aliphatic rings. The van der Waals surface area contributed by atoms with Gasteiger partial charge in [0.05, 0.1) is 0 Å². The molecule has 13 heteroatoms. The summed E-state index contributed by atoms with van der Waals surface area (Å²) in [4.78, 5) is 56.6. The predicted molar refractivity (Wildman–Crippen MR) is 134 cm³/mol. The lowest BCUT2D eigenvalue weighted by Gasteiger charge is -2.34. The van der Waals surface area contributed by atoms with Gasteiger partial charge in [-0.15, -0.1) is 0 Å².